The number of carbonyl (C=O) groups is 1. The molecule has 0 unspecified atom stereocenters. The van der Waals surface area contributed by atoms with Crippen molar-refractivity contribution in [1.82, 2.24) is 19.4 Å². The van der Waals surface area contributed by atoms with Crippen LogP contribution in [0.5, 0.6) is 0 Å². The van der Waals surface area contributed by atoms with Crippen molar-refractivity contribution in [1.29, 1.82) is 0 Å². The Balaban J connectivity index is 1.32. The van der Waals surface area contributed by atoms with E-state index < -0.39 is 26.6 Å². The third-order valence-electron chi connectivity index (χ3n) is 4.90. The van der Waals surface area contributed by atoms with Crippen molar-refractivity contribution >= 4 is 32.4 Å². The monoisotopic (exact) mass is 479 g/mol. The fourth-order valence-electron chi connectivity index (χ4n) is 3.27. The molecule has 1 amide bonds. The van der Waals surface area contributed by atoms with Crippen LogP contribution in [0.25, 0.3) is 10.6 Å². The number of benzene rings is 2. The molecule has 0 radical (unpaired) electrons. The molecule has 1 fully saturated rings. The largest absolute Gasteiger partial charge is 0.299 e. The predicted molar refractivity (Wildman–Crippen MR) is 116 cm³/mol. The van der Waals surface area contributed by atoms with Crippen molar-refractivity contribution < 1.29 is 22.0 Å². The molecule has 168 valence electrons. The van der Waals surface area contributed by atoms with Crippen molar-refractivity contribution in [3.05, 3.63) is 60.2 Å². The summed E-state index contributed by atoms with van der Waals surface area (Å²) in [6, 6.07) is 11.8. The lowest BCUT2D eigenvalue weighted by Crippen LogP contribution is -2.50. The minimum absolute atomic E-state index is 0.0441. The number of hydrogen-bond acceptors (Lipinski definition) is 7. The first kappa shape index (κ1) is 22.4. The molecule has 2 aromatic carbocycles. The van der Waals surface area contributed by atoms with Crippen LogP contribution in [-0.4, -0.2) is 66.5 Å². The lowest BCUT2D eigenvalue weighted by molar-refractivity contribution is -0.117. The number of nitrogens with one attached hydrogen (secondary N) is 1. The van der Waals surface area contributed by atoms with Crippen LogP contribution in [0.2, 0.25) is 0 Å². The fraction of sp³-hybridized carbons (Fsp3) is 0.250. The molecule has 0 aliphatic carbocycles. The number of aromatic nitrogens is 2. The van der Waals surface area contributed by atoms with E-state index in [0.717, 1.165) is 22.0 Å². The molecule has 1 saturated heterocycles. The molecule has 1 N–H and O–H groups in total. The third-order valence-corrected chi connectivity index (χ3v) is 7.70. The van der Waals surface area contributed by atoms with Gasteiger partial charge in [-0.2, -0.15) is 4.31 Å². The van der Waals surface area contributed by atoms with Gasteiger partial charge in [0.1, 0.15) is 21.5 Å². The van der Waals surface area contributed by atoms with Gasteiger partial charge in [0.2, 0.25) is 21.1 Å². The Hall–Kier alpha value is -2.80. The second-order valence-electron chi connectivity index (χ2n) is 7.08. The number of hydrogen-bond donors (Lipinski definition) is 1. The number of rotatable bonds is 6. The highest BCUT2D eigenvalue weighted by atomic mass is 32.2. The summed E-state index contributed by atoms with van der Waals surface area (Å²) in [4.78, 5) is 13.5. The summed E-state index contributed by atoms with van der Waals surface area (Å²) in [5.74, 6) is -2.12. The van der Waals surface area contributed by atoms with Crippen molar-refractivity contribution in [2.75, 3.05) is 38.0 Å². The summed E-state index contributed by atoms with van der Waals surface area (Å²) >= 11 is 1.25. The zero-order valence-corrected chi connectivity index (χ0v) is 18.4. The van der Waals surface area contributed by atoms with Crippen LogP contribution in [0.15, 0.2) is 53.4 Å². The summed E-state index contributed by atoms with van der Waals surface area (Å²) in [6.07, 6.45) is 0. The Bertz CT molecular complexity index is 1210. The summed E-state index contributed by atoms with van der Waals surface area (Å²) in [5, 5.41) is 11.8. The maximum atomic E-state index is 13.9. The average molecular weight is 480 g/mol. The highest BCUT2D eigenvalue weighted by Crippen LogP contribution is 2.26. The molecular weight excluding hydrogens is 460 g/mol. The Labute approximate surface area is 187 Å². The molecule has 12 heteroatoms. The van der Waals surface area contributed by atoms with Gasteiger partial charge in [-0.05, 0) is 18.2 Å². The second-order valence-corrected chi connectivity index (χ2v) is 9.97. The van der Waals surface area contributed by atoms with Crippen LogP contribution in [0.3, 0.4) is 0 Å². The standard InChI is InChI=1S/C20H19F2N5O3S2/c21-15-6-7-16(22)17(12-15)32(29,30)27-10-8-26(9-11-27)13-18(28)23-20-25-24-19(31-20)14-4-2-1-3-5-14/h1-7,12H,8-11,13H2,(H,23,25,28). The van der Waals surface area contributed by atoms with Crippen LogP contribution in [0.1, 0.15) is 0 Å². The number of nitrogens with zero attached hydrogens (tertiary/aromatic N) is 4. The van der Waals surface area contributed by atoms with E-state index in [1.807, 2.05) is 30.3 Å². The molecule has 32 heavy (non-hydrogen) atoms. The Morgan fingerprint density at radius 2 is 1.75 bits per heavy atom. The minimum atomic E-state index is -4.16. The molecule has 1 aliphatic heterocycles. The van der Waals surface area contributed by atoms with Gasteiger partial charge in [-0.1, -0.05) is 41.7 Å². The van der Waals surface area contributed by atoms with Crippen LogP contribution in [0, 0.1) is 11.6 Å². The number of sulfonamides is 1. The van der Waals surface area contributed by atoms with Gasteiger partial charge < -0.3 is 0 Å². The maximum Gasteiger partial charge on any atom is 0.246 e. The zero-order valence-electron chi connectivity index (χ0n) is 16.7. The van der Waals surface area contributed by atoms with Crippen LogP contribution >= 0.6 is 11.3 Å². The minimum Gasteiger partial charge on any atom is -0.299 e. The first-order valence-corrected chi connectivity index (χ1v) is 11.9. The van der Waals surface area contributed by atoms with Crippen LogP contribution in [-0.2, 0) is 14.8 Å². The van der Waals surface area contributed by atoms with Crippen molar-refractivity contribution in [2.45, 2.75) is 4.90 Å². The Morgan fingerprint density at radius 3 is 2.47 bits per heavy atom. The van der Waals surface area contributed by atoms with Crippen LogP contribution in [0.4, 0.5) is 13.9 Å². The van der Waals surface area contributed by atoms with Gasteiger partial charge in [-0.3, -0.25) is 15.0 Å². The zero-order chi connectivity index (χ0) is 22.7. The smallest absolute Gasteiger partial charge is 0.246 e. The van der Waals surface area contributed by atoms with Gasteiger partial charge in [-0.25, -0.2) is 17.2 Å². The number of halogens is 2. The van der Waals surface area contributed by atoms with Crippen molar-refractivity contribution in [2.24, 2.45) is 0 Å². The van der Waals surface area contributed by atoms with E-state index >= 15 is 0 Å². The average Bonchev–Trinajstić information content (AvgIpc) is 3.24. The summed E-state index contributed by atoms with van der Waals surface area (Å²) < 4.78 is 53.8. The summed E-state index contributed by atoms with van der Waals surface area (Å²) in [7, 11) is -4.16. The molecule has 0 saturated carbocycles. The highest BCUT2D eigenvalue weighted by molar-refractivity contribution is 7.89. The van der Waals surface area contributed by atoms with E-state index in [0.29, 0.717) is 16.2 Å². The van der Waals surface area contributed by atoms with Crippen molar-refractivity contribution in [3.8, 4) is 10.6 Å². The number of carbonyl (C=O) groups excluding carboxylic acids is 1. The SMILES string of the molecule is O=C(CN1CCN(S(=O)(=O)c2cc(F)ccc2F)CC1)Nc1nnc(-c2ccccc2)s1. The van der Waals surface area contributed by atoms with Gasteiger partial charge in [0.05, 0.1) is 6.54 Å². The second kappa shape index (κ2) is 9.36. The van der Waals surface area contributed by atoms with E-state index in [1.165, 1.54) is 11.3 Å². The van der Waals surface area contributed by atoms with E-state index in [9.17, 15) is 22.0 Å². The predicted octanol–water partition coefficient (Wildman–Crippen LogP) is 2.43. The molecular formula is C20H19F2N5O3S2. The third kappa shape index (κ3) is 4.99. The highest BCUT2D eigenvalue weighted by Gasteiger charge is 2.31. The van der Waals surface area contributed by atoms with Gasteiger partial charge in [0.15, 0.2) is 0 Å². The molecule has 0 bridgehead atoms. The number of anilines is 1. The maximum absolute atomic E-state index is 13.9. The summed E-state index contributed by atoms with van der Waals surface area (Å²) in [5.41, 5.74) is 0.901. The number of amides is 1. The molecule has 2 heterocycles. The Morgan fingerprint density at radius 1 is 1.03 bits per heavy atom. The lowest BCUT2D eigenvalue weighted by Gasteiger charge is -2.33. The molecule has 8 nitrogen and oxygen atoms in total. The normalized spacial score (nSPS) is 15.6. The van der Waals surface area contributed by atoms with E-state index in [-0.39, 0.29) is 38.6 Å². The first-order chi connectivity index (χ1) is 15.3. The molecule has 0 spiro atoms. The van der Waals surface area contributed by atoms with Crippen molar-refractivity contribution in [3.63, 3.8) is 0 Å². The van der Waals surface area contributed by atoms with E-state index in [2.05, 4.69) is 15.5 Å². The Kier molecular flexibility index (Phi) is 6.55. The van der Waals surface area contributed by atoms with Crippen LogP contribution < -0.4 is 5.32 Å². The van der Waals surface area contributed by atoms with Gasteiger partial charge >= 0.3 is 0 Å². The van der Waals surface area contributed by atoms with Gasteiger partial charge in [0, 0.05) is 31.7 Å². The molecule has 4 rings (SSSR count). The topological polar surface area (TPSA) is 95.5 Å². The van der Waals surface area contributed by atoms with Gasteiger partial charge in [-0.15, -0.1) is 10.2 Å². The summed E-state index contributed by atoms with van der Waals surface area (Å²) in [6.45, 7) is 0.706. The molecule has 0 atom stereocenters. The quantitative estimate of drug-likeness (QED) is 0.584. The lowest BCUT2D eigenvalue weighted by atomic mass is 10.2. The van der Waals surface area contributed by atoms with E-state index in [1.54, 1.807) is 4.90 Å². The van der Waals surface area contributed by atoms with E-state index in [4.69, 9.17) is 0 Å². The van der Waals surface area contributed by atoms with Gasteiger partial charge in [0.25, 0.3) is 0 Å². The fourth-order valence-corrected chi connectivity index (χ4v) is 5.54. The molecule has 1 aromatic heterocycles. The molecule has 1 aliphatic rings. The number of piperazine rings is 1. The first-order valence-electron chi connectivity index (χ1n) is 9.69. The molecule has 3 aromatic rings.